The lowest BCUT2D eigenvalue weighted by molar-refractivity contribution is -0.129. The van der Waals surface area contributed by atoms with E-state index < -0.39 is 6.10 Å². The van der Waals surface area contributed by atoms with Crippen molar-refractivity contribution in [1.82, 2.24) is 4.90 Å². The third kappa shape index (κ3) is 2.48. The Hall–Kier alpha value is -0.220. The Morgan fingerprint density at radius 1 is 1.53 bits per heavy atom. The quantitative estimate of drug-likeness (QED) is 0.792. The molecular weight excluding hydrogens is 210 g/mol. The summed E-state index contributed by atoms with van der Waals surface area (Å²) in [5.41, 5.74) is 0. The van der Waals surface area contributed by atoms with E-state index in [-0.39, 0.29) is 5.91 Å². The molecule has 86 valence electrons. The van der Waals surface area contributed by atoms with Crippen molar-refractivity contribution in [2.24, 2.45) is 0 Å². The molecular formula is C11H19NO2S. The first-order valence-electron chi connectivity index (χ1n) is 5.79. The number of aliphatic hydroxyl groups excluding tert-OH is 1. The summed E-state index contributed by atoms with van der Waals surface area (Å²) >= 11 is 2.00. The van der Waals surface area contributed by atoms with Gasteiger partial charge in [-0.3, -0.25) is 4.79 Å². The van der Waals surface area contributed by atoms with Gasteiger partial charge in [-0.05, 0) is 25.0 Å². The lowest BCUT2D eigenvalue weighted by Crippen LogP contribution is -2.35. The maximum absolute atomic E-state index is 11.6. The van der Waals surface area contributed by atoms with E-state index in [9.17, 15) is 9.90 Å². The van der Waals surface area contributed by atoms with Crippen LogP contribution in [0.3, 0.4) is 0 Å². The first-order valence-corrected chi connectivity index (χ1v) is 6.84. The largest absolute Gasteiger partial charge is 0.391 e. The highest BCUT2D eigenvalue weighted by Gasteiger charge is 2.37. The topological polar surface area (TPSA) is 40.5 Å². The molecule has 3 nitrogen and oxygen atoms in total. The van der Waals surface area contributed by atoms with Crippen LogP contribution in [0, 0.1) is 0 Å². The fourth-order valence-corrected chi connectivity index (χ4v) is 3.78. The normalized spacial score (nSPS) is 36.5. The molecule has 15 heavy (non-hydrogen) atoms. The van der Waals surface area contributed by atoms with Crippen LogP contribution in [0.25, 0.3) is 0 Å². The van der Waals surface area contributed by atoms with Crippen LogP contribution in [-0.4, -0.2) is 45.6 Å². The lowest BCUT2D eigenvalue weighted by atomic mass is 10.2. The summed E-state index contributed by atoms with van der Waals surface area (Å²) in [6, 6.07) is 0.402. The summed E-state index contributed by atoms with van der Waals surface area (Å²) < 4.78 is 0. The summed E-state index contributed by atoms with van der Waals surface area (Å²) in [4.78, 5) is 13.5. The van der Waals surface area contributed by atoms with Gasteiger partial charge in [-0.1, -0.05) is 6.92 Å². The van der Waals surface area contributed by atoms with Crippen LogP contribution in [0.15, 0.2) is 0 Å². The third-order valence-corrected chi connectivity index (χ3v) is 4.57. The number of rotatable bonds is 3. The molecule has 1 amide bonds. The zero-order valence-corrected chi connectivity index (χ0v) is 10.0. The average Bonchev–Trinajstić information content (AvgIpc) is 2.73. The Labute approximate surface area is 95.2 Å². The Morgan fingerprint density at radius 3 is 2.93 bits per heavy atom. The number of carbonyl (C=O) groups is 1. The summed E-state index contributed by atoms with van der Waals surface area (Å²) in [5.74, 6) is 1.31. The van der Waals surface area contributed by atoms with E-state index in [0.717, 1.165) is 23.8 Å². The highest BCUT2D eigenvalue weighted by molar-refractivity contribution is 7.99. The van der Waals surface area contributed by atoms with Crippen LogP contribution < -0.4 is 0 Å². The van der Waals surface area contributed by atoms with E-state index in [1.165, 1.54) is 6.42 Å². The predicted molar refractivity (Wildman–Crippen MR) is 61.9 cm³/mol. The predicted octanol–water partition coefficient (Wildman–Crippen LogP) is 1.25. The molecule has 1 saturated carbocycles. The Balaban J connectivity index is 1.88. The van der Waals surface area contributed by atoms with Crippen molar-refractivity contribution in [3.63, 3.8) is 0 Å². The number of nitrogens with zero attached hydrogens (tertiary/aromatic N) is 1. The molecule has 4 heteroatoms. The number of thioether (sulfide) groups is 1. The molecule has 0 spiro atoms. The van der Waals surface area contributed by atoms with Crippen molar-refractivity contribution >= 4 is 17.7 Å². The minimum Gasteiger partial charge on any atom is -0.391 e. The highest BCUT2D eigenvalue weighted by atomic mass is 32.2. The van der Waals surface area contributed by atoms with Crippen molar-refractivity contribution in [2.75, 3.05) is 12.3 Å². The molecule has 2 aliphatic rings. The monoisotopic (exact) mass is 229 g/mol. The Morgan fingerprint density at radius 2 is 2.33 bits per heavy atom. The van der Waals surface area contributed by atoms with Gasteiger partial charge >= 0.3 is 0 Å². The molecule has 0 bridgehead atoms. The number of likely N-dealkylation sites (tertiary alicyclic amines) is 1. The van der Waals surface area contributed by atoms with E-state index in [1.807, 2.05) is 16.7 Å². The standard InChI is InChI=1S/C11H19NO2S/c1-2-15-10-4-3-8(5-10)12-7-9(13)6-11(12)14/h8-10,13H,2-7H2,1H3. The van der Waals surface area contributed by atoms with Gasteiger partial charge < -0.3 is 10.0 Å². The van der Waals surface area contributed by atoms with Crippen LogP contribution >= 0.6 is 11.8 Å². The number of carbonyl (C=O) groups excluding carboxylic acids is 1. The molecule has 0 aromatic carbocycles. The fraction of sp³-hybridized carbons (Fsp3) is 0.909. The molecule has 0 aromatic rings. The van der Waals surface area contributed by atoms with Crippen molar-refractivity contribution in [3.8, 4) is 0 Å². The number of β-amino-alcohol motifs (C(OH)–C–C–N with tert-alkyl or cyclic N) is 1. The molecule has 1 saturated heterocycles. The van der Waals surface area contributed by atoms with Crippen LogP contribution in [0.4, 0.5) is 0 Å². The van der Waals surface area contributed by atoms with Gasteiger partial charge in [-0.2, -0.15) is 11.8 Å². The maximum atomic E-state index is 11.6. The number of hydrogen-bond donors (Lipinski definition) is 1. The zero-order chi connectivity index (χ0) is 10.8. The van der Waals surface area contributed by atoms with Gasteiger partial charge in [-0.15, -0.1) is 0 Å². The van der Waals surface area contributed by atoms with Crippen LogP contribution in [-0.2, 0) is 4.79 Å². The van der Waals surface area contributed by atoms with Gasteiger partial charge in [0.05, 0.1) is 12.5 Å². The van der Waals surface area contributed by atoms with Crippen LogP contribution in [0.5, 0.6) is 0 Å². The number of amides is 1. The first kappa shape index (κ1) is 11.3. The van der Waals surface area contributed by atoms with Crippen molar-refractivity contribution in [1.29, 1.82) is 0 Å². The minimum absolute atomic E-state index is 0.148. The average molecular weight is 229 g/mol. The molecule has 1 N–H and O–H groups in total. The van der Waals surface area contributed by atoms with Gasteiger partial charge in [0, 0.05) is 17.8 Å². The molecule has 2 rings (SSSR count). The van der Waals surface area contributed by atoms with Crippen LogP contribution in [0.2, 0.25) is 0 Å². The van der Waals surface area contributed by atoms with Crippen molar-refractivity contribution in [3.05, 3.63) is 0 Å². The molecule has 1 aliphatic heterocycles. The molecule has 3 unspecified atom stereocenters. The van der Waals surface area contributed by atoms with E-state index in [4.69, 9.17) is 0 Å². The molecule has 1 heterocycles. The number of aliphatic hydroxyl groups is 1. The van der Waals surface area contributed by atoms with Gasteiger partial charge in [0.2, 0.25) is 5.91 Å². The second-order valence-corrected chi connectivity index (χ2v) is 6.03. The van der Waals surface area contributed by atoms with E-state index in [2.05, 4.69) is 6.92 Å². The van der Waals surface area contributed by atoms with Crippen molar-refractivity contribution in [2.45, 2.75) is 50.0 Å². The Bertz CT molecular complexity index is 247. The second-order valence-electron chi connectivity index (χ2n) is 4.45. The molecule has 1 aliphatic carbocycles. The summed E-state index contributed by atoms with van der Waals surface area (Å²) in [6.45, 7) is 2.75. The molecule has 3 atom stereocenters. The van der Waals surface area contributed by atoms with E-state index in [1.54, 1.807) is 0 Å². The number of hydrogen-bond acceptors (Lipinski definition) is 3. The zero-order valence-electron chi connectivity index (χ0n) is 9.19. The molecule has 0 aromatic heterocycles. The molecule has 2 fully saturated rings. The highest BCUT2D eigenvalue weighted by Crippen LogP contribution is 2.34. The molecule has 0 radical (unpaired) electrons. The van der Waals surface area contributed by atoms with E-state index in [0.29, 0.717) is 19.0 Å². The fourth-order valence-electron chi connectivity index (χ4n) is 2.65. The van der Waals surface area contributed by atoms with Gasteiger partial charge in [0.1, 0.15) is 0 Å². The lowest BCUT2D eigenvalue weighted by Gasteiger charge is -2.23. The smallest absolute Gasteiger partial charge is 0.225 e. The summed E-state index contributed by atoms with van der Waals surface area (Å²) in [7, 11) is 0. The SMILES string of the molecule is CCSC1CCC(N2CC(O)CC2=O)C1. The van der Waals surface area contributed by atoms with Crippen LogP contribution in [0.1, 0.15) is 32.6 Å². The Kier molecular flexibility index (Phi) is 3.57. The van der Waals surface area contributed by atoms with Crippen molar-refractivity contribution < 1.29 is 9.90 Å². The summed E-state index contributed by atoms with van der Waals surface area (Å²) in [5, 5.41) is 10.2. The second kappa shape index (κ2) is 4.74. The maximum Gasteiger partial charge on any atom is 0.225 e. The minimum atomic E-state index is -0.421. The van der Waals surface area contributed by atoms with Gasteiger partial charge in [0.15, 0.2) is 0 Å². The first-order chi connectivity index (χ1) is 7.20. The third-order valence-electron chi connectivity index (χ3n) is 3.34. The van der Waals surface area contributed by atoms with Gasteiger partial charge in [-0.25, -0.2) is 0 Å². The van der Waals surface area contributed by atoms with Gasteiger partial charge in [0.25, 0.3) is 0 Å². The van der Waals surface area contributed by atoms with E-state index >= 15 is 0 Å². The summed E-state index contributed by atoms with van der Waals surface area (Å²) in [6.07, 6.45) is 3.38.